The van der Waals surface area contributed by atoms with Crippen molar-refractivity contribution in [1.29, 1.82) is 0 Å². The summed E-state index contributed by atoms with van der Waals surface area (Å²) in [5.41, 5.74) is 2.36. The number of fused-ring (bicyclic) bond motifs is 1. The van der Waals surface area contributed by atoms with Gasteiger partial charge in [0.1, 0.15) is 0 Å². The van der Waals surface area contributed by atoms with Crippen molar-refractivity contribution in [2.24, 2.45) is 0 Å². The number of thiazole rings is 1. The zero-order chi connectivity index (χ0) is 12.5. The van der Waals surface area contributed by atoms with Crippen LogP contribution in [-0.4, -0.2) is 22.0 Å². The number of hydrogen-bond donors (Lipinski definition) is 1. The van der Waals surface area contributed by atoms with Crippen molar-refractivity contribution in [3.8, 4) is 0 Å². The minimum absolute atomic E-state index is 0.607. The highest BCUT2D eigenvalue weighted by molar-refractivity contribution is 8.00. The summed E-state index contributed by atoms with van der Waals surface area (Å²) in [4.78, 5) is 4.50. The van der Waals surface area contributed by atoms with Gasteiger partial charge < -0.3 is 5.32 Å². The molecule has 2 aromatic rings. The van der Waals surface area contributed by atoms with Crippen molar-refractivity contribution in [3.63, 3.8) is 0 Å². The summed E-state index contributed by atoms with van der Waals surface area (Å²) < 4.78 is 1.29. The van der Waals surface area contributed by atoms with Crippen LogP contribution in [0.4, 0.5) is 5.69 Å². The number of anilines is 1. The Kier molecular flexibility index (Phi) is 3.48. The summed E-state index contributed by atoms with van der Waals surface area (Å²) in [6.07, 6.45) is 2.61. The fourth-order valence-electron chi connectivity index (χ4n) is 2.46. The van der Waals surface area contributed by atoms with Crippen LogP contribution in [0.5, 0.6) is 0 Å². The fraction of sp³-hybridized carbons (Fsp3) is 0.500. The molecule has 1 aliphatic rings. The number of benzene rings is 1. The lowest BCUT2D eigenvalue weighted by atomic mass is 10.1. The lowest BCUT2D eigenvalue weighted by Crippen LogP contribution is -2.32. The summed E-state index contributed by atoms with van der Waals surface area (Å²) >= 11 is 3.85. The van der Waals surface area contributed by atoms with Gasteiger partial charge in [-0.05, 0) is 43.7 Å². The Labute approximate surface area is 116 Å². The van der Waals surface area contributed by atoms with Crippen LogP contribution in [-0.2, 0) is 0 Å². The van der Waals surface area contributed by atoms with Gasteiger partial charge in [0.15, 0.2) is 0 Å². The molecule has 1 aromatic carbocycles. The predicted molar refractivity (Wildman–Crippen MR) is 82.9 cm³/mol. The molecule has 96 valence electrons. The van der Waals surface area contributed by atoms with Gasteiger partial charge in [0.05, 0.1) is 15.2 Å². The molecule has 0 radical (unpaired) electrons. The van der Waals surface area contributed by atoms with Gasteiger partial charge in [-0.25, -0.2) is 4.98 Å². The first-order valence-electron chi connectivity index (χ1n) is 6.48. The van der Waals surface area contributed by atoms with Crippen LogP contribution in [0.25, 0.3) is 10.2 Å². The molecule has 2 heterocycles. The Hall–Kier alpha value is -0.740. The zero-order valence-corrected chi connectivity index (χ0v) is 12.4. The van der Waals surface area contributed by atoms with E-state index in [0.717, 1.165) is 10.5 Å². The highest BCUT2D eigenvalue weighted by Gasteiger charge is 2.21. The number of aromatic nitrogens is 1. The zero-order valence-electron chi connectivity index (χ0n) is 10.8. The monoisotopic (exact) mass is 278 g/mol. The van der Waals surface area contributed by atoms with Gasteiger partial charge in [-0.15, -0.1) is 11.3 Å². The van der Waals surface area contributed by atoms with Crippen LogP contribution in [0.15, 0.2) is 18.2 Å². The summed E-state index contributed by atoms with van der Waals surface area (Å²) in [5.74, 6) is 1.31. The molecule has 0 amide bonds. The molecule has 4 heteroatoms. The quantitative estimate of drug-likeness (QED) is 0.886. The minimum Gasteiger partial charge on any atom is -0.381 e. The first-order valence-corrected chi connectivity index (χ1v) is 8.34. The molecule has 3 rings (SSSR count). The van der Waals surface area contributed by atoms with Gasteiger partial charge in [-0.1, -0.05) is 6.92 Å². The molecule has 0 aliphatic carbocycles. The van der Waals surface area contributed by atoms with E-state index in [2.05, 4.69) is 54.1 Å². The Morgan fingerprint density at radius 3 is 3.11 bits per heavy atom. The van der Waals surface area contributed by atoms with Gasteiger partial charge in [-0.2, -0.15) is 11.8 Å². The van der Waals surface area contributed by atoms with Crippen LogP contribution in [0.1, 0.15) is 24.8 Å². The normalized spacial score (nSPS) is 24.3. The molecule has 2 atom stereocenters. The number of nitrogens with one attached hydrogen (secondary N) is 1. The van der Waals surface area contributed by atoms with E-state index in [1.54, 1.807) is 11.3 Å². The van der Waals surface area contributed by atoms with E-state index in [1.807, 2.05) is 0 Å². The number of aryl methyl sites for hydroxylation is 1. The molecule has 18 heavy (non-hydrogen) atoms. The van der Waals surface area contributed by atoms with Crippen LogP contribution >= 0.6 is 23.1 Å². The van der Waals surface area contributed by atoms with Crippen molar-refractivity contribution in [2.45, 2.75) is 38.0 Å². The largest absolute Gasteiger partial charge is 0.381 e. The number of nitrogens with zero attached hydrogens (tertiary/aromatic N) is 1. The van der Waals surface area contributed by atoms with Crippen molar-refractivity contribution in [1.82, 2.24) is 4.98 Å². The molecule has 1 fully saturated rings. The third kappa shape index (κ3) is 2.50. The van der Waals surface area contributed by atoms with E-state index in [9.17, 15) is 0 Å². The molecule has 1 saturated heterocycles. The highest BCUT2D eigenvalue weighted by Crippen LogP contribution is 2.30. The maximum Gasteiger partial charge on any atom is 0.0907 e. The fourth-order valence-corrected chi connectivity index (χ4v) is 4.46. The Bertz CT molecular complexity index is 550. The van der Waals surface area contributed by atoms with E-state index in [0.29, 0.717) is 11.3 Å². The van der Waals surface area contributed by atoms with E-state index in [-0.39, 0.29) is 0 Å². The molecule has 1 aliphatic heterocycles. The standard InChI is InChI=1S/C14H18N2S2/c1-9-12(4-3-7-17-9)16-11-5-6-13-14(8-11)18-10(2)15-13/h5-6,8-9,12,16H,3-4,7H2,1-2H3. The summed E-state index contributed by atoms with van der Waals surface area (Å²) in [7, 11) is 0. The minimum atomic E-state index is 0.607. The van der Waals surface area contributed by atoms with Gasteiger partial charge >= 0.3 is 0 Å². The van der Waals surface area contributed by atoms with Crippen LogP contribution in [0, 0.1) is 6.92 Å². The maximum absolute atomic E-state index is 4.50. The van der Waals surface area contributed by atoms with Crippen LogP contribution in [0.3, 0.4) is 0 Å². The molecular formula is C14H18N2S2. The number of hydrogen-bond acceptors (Lipinski definition) is 4. The van der Waals surface area contributed by atoms with E-state index >= 15 is 0 Å². The number of thioether (sulfide) groups is 1. The second-order valence-corrected chi connectivity index (χ2v) is 7.60. The third-order valence-corrected chi connectivity index (χ3v) is 5.77. The van der Waals surface area contributed by atoms with Crippen molar-refractivity contribution in [3.05, 3.63) is 23.2 Å². The SMILES string of the molecule is Cc1nc2ccc(NC3CCCSC3C)cc2s1. The second-order valence-electron chi connectivity index (χ2n) is 4.88. The second kappa shape index (κ2) is 5.10. The summed E-state index contributed by atoms with van der Waals surface area (Å²) in [5, 5.41) is 5.54. The molecule has 2 unspecified atom stereocenters. The van der Waals surface area contributed by atoms with Gasteiger partial charge in [0.2, 0.25) is 0 Å². The molecule has 0 saturated carbocycles. The molecular weight excluding hydrogens is 260 g/mol. The maximum atomic E-state index is 4.50. The Morgan fingerprint density at radius 2 is 2.28 bits per heavy atom. The Morgan fingerprint density at radius 1 is 1.39 bits per heavy atom. The van der Waals surface area contributed by atoms with Crippen LogP contribution < -0.4 is 5.32 Å². The average molecular weight is 278 g/mol. The number of rotatable bonds is 2. The first kappa shape index (κ1) is 12.3. The van der Waals surface area contributed by atoms with Gasteiger partial charge in [0.25, 0.3) is 0 Å². The lowest BCUT2D eigenvalue weighted by Gasteiger charge is -2.29. The predicted octanol–water partition coefficient (Wildman–Crippen LogP) is 4.30. The lowest BCUT2D eigenvalue weighted by molar-refractivity contribution is 0.617. The van der Waals surface area contributed by atoms with E-state index in [4.69, 9.17) is 0 Å². The highest BCUT2D eigenvalue weighted by atomic mass is 32.2. The molecule has 1 N–H and O–H groups in total. The van der Waals surface area contributed by atoms with Crippen molar-refractivity contribution >= 4 is 39.0 Å². The first-order chi connectivity index (χ1) is 8.72. The summed E-state index contributed by atoms with van der Waals surface area (Å²) in [6.45, 7) is 4.40. The van der Waals surface area contributed by atoms with Crippen LogP contribution in [0.2, 0.25) is 0 Å². The molecule has 1 aromatic heterocycles. The van der Waals surface area contributed by atoms with Crippen molar-refractivity contribution in [2.75, 3.05) is 11.1 Å². The Balaban J connectivity index is 1.81. The third-order valence-electron chi connectivity index (χ3n) is 3.45. The summed E-state index contributed by atoms with van der Waals surface area (Å²) in [6, 6.07) is 7.14. The molecule has 0 spiro atoms. The van der Waals surface area contributed by atoms with E-state index in [1.165, 1.54) is 29.0 Å². The smallest absolute Gasteiger partial charge is 0.0907 e. The average Bonchev–Trinajstić information content (AvgIpc) is 2.71. The molecule has 2 nitrogen and oxygen atoms in total. The topological polar surface area (TPSA) is 24.9 Å². The van der Waals surface area contributed by atoms with Gasteiger partial charge in [-0.3, -0.25) is 0 Å². The molecule has 0 bridgehead atoms. The van der Waals surface area contributed by atoms with Crippen molar-refractivity contribution < 1.29 is 0 Å². The van der Waals surface area contributed by atoms with Gasteiger partial charge in [0, 0.05) is 17.0 Å². The van der Waals surface area contributed by atoms with E-state index < -0.39 is 0 Å².